The van der Waals surface area contributed by atoms with Crippen LogP contribution in [0.2, 0.25) is 0 Å². The first kappa shape index (κ1) is 19.5. The third-order valence-corrected chi connectivity index (χ3v) is 3.98. The standard InChI is InChI=1S/C20H26N4O2/c1-2-7-18(21)20(26)23-16-10-6-11-17(12-16)24(14-19(22)25)13-15-8-4-3-5-9-15/h3-6,8-12,18H,2,7,13-14,21H2,1H3,(H2,22,25)(H,23,26). The topological polar surface area (TPSA) is 101 Å². The minimum Gasteiger partial charge on any atom is -0.368 e. The number of primary amides is 1. The van der Waals surface area contributed by atoms with E-state index in [0.717, 1.165) is 17.7 Å². The molecule has 2 amide bonds. The summed E-state index contributed by atoms with van der Waals surface area (Å²) in [6.07, 6.45) is 1.48. The van der Waals surface area contributed by atoms with Crippen LogP contribution in [0.1, 0.15) is 25.3 Å². The molecule has 0 saturated carbocycles. The molecular formula is C20H26N4O2. The summed E-state index contributed by atoms with van der Waals surface area (Å²) >= 11 is 0. The van der Waals surface area contributed by atoms with Gasteiger partial charge in [-0.1, -0.05) is 49.7 Å². The summed E-state index contributed by atoms with van der Waals surface area (Å²) in [5.74, 6) is -0.631. The Morgan fingerprint density at radius 1 is 1.12 bits per heavy atom. The molecule has 2 aromatic rings. The number of benzene rings is 2. The number of rotatable bonds is 9. The van der Waals surface area contributed by atoms with Crippen LogP contribution in [0.3, 0.4) is 0 Å². The second-order valence-electron chi connectivity index (χ2n) is 6.24. The van der Waals surface area contributed by atoms with Crippen LogP contribution in [0.5, 0.6) is 0 Å². The van der Waals surface area contributed by atoms with Gasteiger partial charge in [0.25, 0.3) is 0 Å². The summed E-state index contributed by atoms with van der Waals surface area (Å²) in [6, 6.07) is 16.6. The van der Waals surface area contributed by atoms with E-state index in [4.69, 9.17) is 11.5 Å². The van der Waals surface area contributed by atoms with Crippen LogP contribution in [0.15, 0.2) is 54.6 Å². The van der Waals surface area contributed by atoms with Crippen molar-refractivity contribution in [2.45, 2.75) is 32.4 Å². The number of hydrogen-bond donors (Lipinski definition) is 3. The predicted molar refractivity (Wildman–Crippen MR) is 105 cm³/mol. The Bertz CT molecular complexity index is 734. The highest BCUT2D eigenvalue weighted by atomic mass is 16.2. The predicted octanol–water partition coefficient (Wildman–Crippen LogP) is 2.24. The Hall–Kier alpha value is -2.86. The molecule has 0 aromatic heterocycles. The Kier molecular flexibility index (Phi) is 7.17. The molecule has 0 spiro atoms. The highest BCUT2D eigenvalue weighted by Gasteiger charge is 2.14. The average Bonchev–Trinajstić information content (AvgIpc) is 2.62. The molecule has 0 fully saturated rings. The summed E-state index contributed by atoms with van der Waals surface area (Å²) in [4.78, 5) is 25.5. The zero-order chi connectivity index (χ0) is 18.9. The molecule has 1 unspecified atom stereocenters. The Morgan fingerprint density at radius 2 is 1.85 bits per heavy atom. The first-order valence-electron chi connectivity index (χ1n) is 8.73. The van der Waals surface area contributed by atoms with Crippen LogP contribution in [-0.4, -0.2) is 24.4 Å². The fourth-order valence-corrected chi connectivity index (χ4v) is 2.69. The summed E-state index contributed by atoms with van der Waals surface area (Å²) in [5, 5.41) is 2.83. The molecule has 1 atom stereocenters. The maximum atomic E-state index is 12.1. The van der Waals surface area contributed by atoms with Gasteiger partial charge in [-0.25, -0.2) is 0 Å². The number of carbonyl (C=O) groups excluding carboxylic acids is 2. The fourth-order valence-electron chi connectivity index (χ4n) is 2.69. The van der Waals surface area contributed by atoms with Crippen molar-refractivity contribution >= 4 is 23.2 Å². The van der Waals surface area contributed by atoms with Crippen LogP contribution < -0.4 is 21.7 Å². The number of amides is 2. The maximum Gasteiger partial charge on any atom is 0.241 e. The molecule has 0 saturated heterocycles. The van der Waals surface area contributed by atoms with Gasteiger partial charge in [-0.2, -0.15) is 0 Å². The van der Waals surface area contributed by atoms with Crippen molar-refractivity contribution in [3.05, 3.63) is 60.2 Å². The molecule has 0 bridgehead atoms. The molecule has 5 N–H and O–H groups in total. The number of carbonyl (C=O) groups is 2. The summed E-state index contributed by atoms with van der Waals surface area (Å²) in [5.41, 5.74) is 13.8. The Morgan fingerprint density at radius 3 is 2.50 bits per heavy atom. The number of nitrogens with one attached hydrogen (secondary N) is 1. The van der Waals surface area contributed by atoms with Crippen LogP contribution in [0, 0.1) is 0 Å². The van der Waals surface area contributed by atoms with Gasteiger partial charge in [-0.15, -0.1) is 0 Å². The van der Waals surface area contributed by atoms with Crippen LogP contribution in [0.4, 0.5) is 11.4 Å². The lowest BCUT2D eigenvalue weighted by Gasteiger charge is -2.24. The smallest absolute Gasteiger partial charge is 0.241 e. The molecule has 0 radical (unpaired) electrons. The second-order valence-corrected chi connectivity index (χ2v) is 6.24. The normalized spacial score (nSPS) is 11.6. The van der Waals surface area contributed by atoms with E-state index in [1.807, 2.05) is 60.4 Å². The third kappa shape index (κ3) is 5.89. The van der Waals surface area contributed by atoms with Gasteiger partial charge in [0.15, 0.2) is 0 Å². The van der Waals surface area contributed by atoms with Crippen molar-refractivity contribution in [3.63, 3.8) is 0 Å². The van der Waals surface area contributed by atoms with E-state index >= 15 is 0 Å². The fraction of sp³-hybridized carbons (Fsp3) is 0.300. The largest absolute Gasteiger partial charge is 0.368 e. The summed E-state index contributed by atoms with van der Waals surface area (Å²) < 4.78 is 0. The lowest BCUT2D eigenvalue weighted by Crippen LogP contribution is -2.35. The first-order valence-corrected chi connectivity index (χ1v) is 8.73. The van der Waals surface area contributed by atoms with E-state index in [1.54, 1.807) is 6.07 Å². The monoisotopic (exact) mass is 354 g/mol. The lowest BCUT2D eigenvalue weighted by molar-refractivity contribution is -0.118. The van der Waals surface area contributed by atoms with Crippen LogP contribution >= 0.6 is 0 Å². The quantitative estimate of drug-likeness (QED) is 0.643. The van der Waals surface area contributed by atoms with Gasteiger partial charge in [-0.3, -0.25) is 9.59 Å². The number of nitrogens with zero attached hydrogens (tertiary/aromatic N) is 1. The number of nitrogens with two attached hydrogens (primary N) is 2. The van der Waals surface area contributed by atoms with Crippen LogP contribution in [0.25, 0.3) is 0 Å². The van der Waals surface area contributed by atoms with Gasteiger partial charge in [0.05, 0.1) is 12.6 Å². The van der Waals surface area contributed by atoms with Crippen molar-refractivity contribution in [2.24, 2.45) is 11.5 Å². The lowest BCUT2D eigenvalue weighted by atomic mass is 10.1. The summed E-state index contributed by atoms with van der Waals surface area (Å²) in [6.45, 7) is 2.61. The van der Waals surface area contributed by atoms with Gasteiger partial charge in [-0.05, 0) is 30.2 Å². The molecule has 6 nitrogen and oxygen atoms in total. The highest BCUT2D eigenvalue weighted by molar-refractivity contribution is 5.95. The van der Waals surface area contributed by atoms with Gasteiger partial charge >= 0.3 is 0 Å². The van der Waals surface area contributed by atoms with Crippen molar-refractivity contribution in [3.8, 4) is 0 Å². The van der Waals surface area contributed by atoms with Crippen molar-refractivity contribution < 1.29 is 9.59 Å². The second kappa shape index (κ2) is 9.58. The molecule has 138 valence electrons. The van der Waals surface area contributed by atoms with Gasteiger partial charge < -0.3 is 21.7 Å². The number of hydrogen-bond acceptors (Lipinski definition) is 4. The van der Waals surface area contributed by atoms with E-state index in [0.29, 0.717) is 18.7 Å². The molecule has 26 heavy (non-hydrogen) atoms. The molecule has 2 rings (SSSR count). The zero-order valence-corrected chi connectivity index (χ0v) is 15.0. The molecule has 6 heteroatoms. The first-order chi connectivity index (χ1) is 12.5. The minimum absolute atomic E-state index is 0.0850. The Balaban J connectivity index is 2.17. The average molecular weight is 354 g/mol. The molecule has 0 heterocycles. The highest BCUT2D eigenvalue weighted by Crippen LogP contribution is 2.21. The molecule has 0 aliphatic rings. The van der Waals surface area contributed by atoms with E-state index in [1.165, 1.54) is 0 Å². The summed E-state index contributed by atoms with van der Waals surface area (Å²) in [7, 11) is 0. The van der Waals surface area contributed by atoms with Gasteiger partial charge in [0.1, 0.15) is 0 Å². The SMILES string of the molecule is CCCC(N)C(=O)Nc1cccc(N(CC(N)=O)Cc2ccccc2)c1. The minimum atomic E-state index is -0.533. The molecule has 0 aliphatic heterocycles. The molecule has 0 aliphatic carbocycles. The van der Waals surface area contributed by atoms with Gasteiger partial charge in [0, 0.05) is 17.9 Å². The number of anilines is 2. The van der Waals surface area contributed by atoms with E-state index in [2.05, 4.69) is 5.32 Å². The molecule has 2 aromatic carbocycles. The zero-order valence-electron chi connectivity index (χ0n) is 15.0. The van der Waals surface area contributed by atoms with E-state index in [9.17, 15) is 9.59 Å². The van der Waals surface area contributed by atoms with E-state index < -0.39 is 11.9 Å². The maximum absolute atomic E-state index is 12.1. The Labute approximate surface area is 154 Å². The third-order valence-electron chi connectivity index (χ3n) is 3.98. The van der Waals surface area contributed by atoms with Crippen molar-refractivity contribution in [1.29, 1.82) is 0 Å². The van der Waals surface area contributed by atoms with Crippen LogP contribution in [-0.2, 0) is 16.1 Å². The van der Waals surface area contributed by atoms with E-state index in [-0.39, 0.29) is 12.5 Å². The van der Waals surface area contributed by atoms with Gasteiger partial charge in [0.2, 0.25) is 11.8 Å². The molecular weight excluding hydrogens is 328 g/mol. The van der Waals surface area contributed by atoms with Crippen molar-refractivity contribution in [2.75, 3.05) is 16.8 Å². The van der Waals surface area contributed by atoms with Crippen molar-refractivity contribution in [1.82, 2.24) is 0 Å².